The van der Waals surface area contributed by atoms with Crippen LogP contribution in [-0.4, -0.2) is 30.4 Å². The number of rotatable bonds is 4. The summed E-state index contributed by atoms with van der Waals surface area (Å²) in [6, 6.07) is 14.3. The summed E-state index contributed by atoms with van der Waals surface area (Å²) in [5.74, 6) is -0.207. The summed E-state index contributed by atoms with van der Waals surface area (Å²) in [4.78, 5) is 30.5. The van der Waals surface area contributed by atoms with E-state index in [1.165, 1.54) is 12.1 Å². The van der Waals surface area contributed by atoms with E-state index >= 15 is 0 Å². The highest BCUT2D eigenvalue weighted by Crippen LogP contribution is 2.27. The average Bonchev–Trinajstić information content (AvgIpc) is 2.76. The van der Waals surface area contributed by atoms with Crippen LogP contribution in [0.2, 0.25) is 0 Å². The van der Waals surface area contributed by atoms with Gasteiger partial charge in [-0.3, -0.25) is 14.5 Å². The van der Waals surface area contributed by atoms with Crippen molar-refractivity contribution in [2.24, 2.45) is 0 Å². The fourth-order valence-corrected chi connectivity index (χ4v) is 3.77. The molecular formula is C24H22FN3O2. The number of nitrogens with one attached hydrogen (secondary N) is 1. The van der Waals surface area contributed by atoms with Crippen LogP contribution in [0.1, 0.15) is 43.0 Å². The molecule has 1 aromatic heterocycles. The number of aryl methyl sites for hydroxylation is 1. The van der Waals surface area contributed by atoms with Crippen LogP contribution in [0.4, 0.5) is 10.2 Å². The maximum absolute atomic E-state index is 13.2. The first-order valence-electron chi connectivity index (χ1n) is 9.83. The van der Waals surface area contributed by atoms with Crippen molar-refractivity contribution in [2.45, 2.75) is 19.8 Å². The molecule has 0 atom stereocenters. The van der Waals surface area contributed by atoms with Crippen LogP contribution in [0, 0.1) is 12.7 Å². The SMILES string of the molecule is CNC(=O)c1ccc(Cc2cc3c(cc2C)CCN(c2ccc(F)cn2)C3=O)cc1. The number of hydrogen-bond acceptors (Lipinski definition) is 3. The molecule has 2 amide bonds. The Bertz CT molecular complexity index is 1110. The van der Waals surface area contributed by atoms with E-state index in [9.17, 15) is 14.0 Å². The lowest BCUT2D eigenvalue weighted by Gasteiger charge is -2.28. The Morgan fingerprint density at radius 2 is 1.93 bits per heavy atom. The largest absolute Gasteiger partial charge is 0.355 e. The third kappa shape index (κ3) is 3.81. The zero-order chi connectivity index (χ0) is 21.3. The van der Waals surface area contributed by atoms with Gasteiger partial charge in [0, 0.05) is 24.7 Å². The van der Waals surface area contributed by atoms with Gasteiger partial charge >= 0.3 is 0 Å². The fraction of sp³-hybridized carbons (Fsp3) is 0.208. The van der Waals surface area contributed by atoms with Crippen molar-refractivity contribution in [3.63, 3.8) is 0 Å². The van der Waals surface area contributed by atoms with Gasteiger partial charge in [0.25, 0.3) is 11.8 Å². The van der Waals surface area contributed by atoms with Crippen LogP contribution in [0.3, 0.4) is 0 Å². The molecule has 5 nitrogen and oxygen atoms in total. The highest BCUT2D eigenvalue weighted by Gasteiger charge is 2.27. The van der Waals surface area contributed by atoms with Gasteiger partial charge in [0.1, 0.15) is 11.6 Å². The van der Waals surface area contributed by atoms with E-state index in [2.05, 4.69) is 16.4 Å². The number of anilines is 1. The second-order valence-electron chi connectivity index (χ2n) is 7.43. The van der Waals surface area contributed by atoms with Crippen molar-refractivity contribution in [3.05, 3.63) is 93.9 Å². The highest BCUT2D eigenvalue weighted by molar-refractivity contribution is 6.07. The molecule has 152 valence electrons. The molecule has 2 heterocycles. The molecule has 1 aliphatic heterocycles. The predicted octanol–water partition coefficient (Wildman–Crippen LogP) is 3.68. The van der Waals surface area contributed by atoms with Gasteiger partial charge in [-0.1, -0.05) is 18.2 Å². The number of halogens is 1. The molecule has 4 rings (SSSR count). The molecule has 30 heavy (non-hydrogen) atoms. The number of carbonyl (C=O) groups is 2. The summed E-state index contributed by atoms with van der Waals surface area (Å²) in [5.41, 5.74) is 5.55. The summed E-state index contributed by atoms with van der Waals surface area (Å²) in [6.45, 7) is 2.57. The Labute approximate surface area is 174 Å². The molecule has 0 radical (unpaired) electrons. The average molecular weight is 403 g/mol. The minimum absolute atomic E-state index is 0.119. The zero-order valence-electron chi connectivity index (χ0n) is 16.9. The standard InChI is InChI=1S/C24H22FN3O2/c1-15-11-18-9-10-28(22-8-7-20(25)14-27-22)24(30)21(18)13-19(15)12-16-3-5-17(6-4-16)23(29)26-2/h3-8,11,13-14H,9-10,12H2,1-2H3,(H,26,29). The first-order valence-corrected chi connectivity index (χ1v) is 9.83. The van der Waals surface area contributed by atoms with Crippen molar-refractivity contribution >= 4 is 17.6 Å². The molecule has 0 aliphatic carbocycles. The van der Waals surface area contributed by atoms with Crippen molar-refractivity contribution < 1.29 is 14.0 Å². The molecule has 0 saturated carbocycles. The molecular weight excluding hydrogens is 381 g/mol. The van der Waals surface area contributed by atoms with Gasteiger partial charge in [0.05, 0.1) is 6.20 Å². The van der Waals surface area contributed by atoms with Crippen molar-refractivity contribution in [3.8, 4) is 0 Å². The quantitative estimate of drug-likeness (QED) is 0.723. The van der Waals surface area contributed by atoms with Gasteiger partial charge in [-0.2, -0.15) is 0 Å². The van der Waals surface area contributed by atoms with E-state index in [1.807, 2.05) is 25.1 Å². The molecule has 6 heteroatoms. The Hall–Kier alpha value is -3.54. The number of pyridine rings is 1. The van der Waals surface area contributed by atoms with Crippen molar-refractivity contribution in [2.75, 3.05) is 18.5 Å². The molecule has 1 N–H and O–H groups in total. The third-order valence-electron chi connectivity index (χ3n) is 5.47. The second-order valence-corrected chi connectivity index (χ2v) is 7.43. The van der Waals surface area contributed by atoms with E-state index in [0.29, 0.717) is 29.9 Å². The first-order chi connectivity index (χ1) is 14.5. The second kappa shape index (κ2) is 8.06. The predicted molar refractivity (Wildman–Crippen MR) is 113 cm³/mol. The lowest BCUT2D eigenvalue weighted by atomic mass is 9.91. The number of amides is 2. The molecule has 2 aromatic carbocycles. The minimum atomic E-state index is -0.427. The number of carbonyl (C=O) groups excluding carboxylic acids is 2. The van der Waals surface area contributed by atoms with Gasteiger partial charge in [-0.15, -0.1) is 0 Å². The molecule has 0 bridgehead atoms. The lowest BCUT2D eigenvalue weighted by molar-refractivity contribution is 0.0960. The first kappa shape index (κ1) is 19.8. The Balaban J connectivity index is 1.61. The Kier molecular flexibility index (Phi) is 5.31. The van der Waals surface area contributed by atoms with Gasteiger partial charge in [-0.05, 0) is 72.4 Å². The van der Waals surface area contributed by atoms with Crippen LogP contribution in [0.15, 0.2) is 54.7 Å². The fourth-order valence-electron chi connectivity index (χ4n) is 3.77. The number of hydrogen-bond donors (Lipinski definition) is 1. The topological polar surface area (TPSA) is 62.3 Å². The highest BCUT2D eigenvalue weighted by atomic mass is 19.1. The van der Waals surface area contributed by atoms with Crippen molar-refractivity contribution in [1.29, 1.82) is 0 Å². The van der Waals surface area contributed by atoms with Gasteiger partial charge in [-0.25, -0.2) is 9.37 Å². The molecule has 3 aromatic rings. The normalized spacial score (nSPS) is 13.2. The van der Waals surface area contributed by atoms with E-state index in [0.717, 1.165) is 34.9 Å². The summed E-state index contributed by atoms with van der Waals surface area (Å²) in [7, 11) is 1.61. The third-order valence-corrected chi connectivity index (χ3v) is 5.47. The maximum atomic E-state index is 13.2. The van der Waals surface area contributed by atoms with Gasteiger partial charge in [0.2, 0.25) is 0 Å². The van der Waals surface area contributed by atoms with Crippen LogP contribution in [0.5, 0.6) is 0 Å². The monoisotopic (exact) mass is 403 g/mol. The zero-order valence-corrected chi connectivity index (χ0v) is 16.9. The minimum Gasteiger partial charge on any atom is -0.355 e. The summed E-state index contributed by atoms with van der Waals surface area (Å²) < 4.78 is 13.2. The van der Waals surface area contributed by atoms with Crippen LogP contribution >= 0.6 is 0 Å². The molecule has 1 aliphatic rings. The smallest absolute Gasteiger partial charge is 0.259 e. The van der Waals surface area contributed by atoms with Crippen molar-refractivity contribution in [1.82, 2.24) is 10.3 Å². The molecule has 0 fully saturated rings. The van der Waals surface area contributed by atoms with E-state index in [4.69, 9.17) is 0 Å². The lowest BCUT2D eigenvalue weighted by Crippen LogP contribution is -2.38. The van der Waals surface area contributed by atoms with Gasteiger partial charge in [0.15, 0.2) is 0 Å². The summed E-state index contributed by atoms with van der Waals surface area (Å²) >= 11 is 0. The number of nitrogens with zero attached hydrogens (tertiary/aromatic N) is 2. The molecule has 0 spiro atoms. The van der Waals surface area contributed by atoms with Crippen LogP contribution < -0.4 is 10.2 Å². The maximum Gasteiger partial charge on any atom is 0.259 e. The number of benzene rings is 2. The van der Waals surface area contributed by atoms with Crippen LogP contribution in [-0.2, 0) is 12.8 Å². The van der Waals surface area contributed by atoms with E-state index < -0.39 is 5.82 Å². The number of aromatic nitrogens is 1. The number of fused-ring (bicyclic) bond motifs is 1. The van der Waals surface area contributed by atoms with Gasteiger partial charge < -0.3 is 5.32 Å². The summed E-state index contributed by atoms with van der Waals surface area (Å²) in [6.07, 6.45) is 2.51. The van der Waals surface area contributed by atoms with Crippen LogP contribution in [0.25, 0.3) is 0 Å². The summed E-state index contributed by atoms with van der Waals surface area (Å²) in [5, 5.41) is 2.61. The van der Waals surface area contributed by atoms with E-state index in [-0.39, 0.29) is 11.8 Å². The Morgan fingerprint density at radius 3 is 2.60 bits per heavy atom. The van der Waals surface area contributed by atoms with E-state index in [1.54, 1.807) is 24.1 Å². The Morgan fingerprint density at radius 1 is 1.17 bits per heavy atom. The molecule has 0 unspecified atom stereocenters. The molecule has 0 saturated heterocycles.